The summed E-state index contributed by atoms with van der Waals surface area (Å²) in [5, 5.41) is 3.52. The molecule has 1 spiro atoms. The maximum atomic E-state index is 5.19. The van der Waals surface area contributed by atoms with Crippen molar-refractivity contribution >= 4 is 0 Å². The van der Waals surface area contributed by atoms with E-state index in [4.69, 9.17) is 4.74 Å². The van der Waals surface area contributed by atoms with Crippen LogP contribution in [0.15, 0.2) is 0 Å². The molecule has 0 bridgehead atoms. The Morgan fingerprint density at radius 3 is 2.12 bits per heavy atom. The normalized spacial score (nSPS) is 26.1. The summed E-state index contributed by atoms with van der Waals surface area (Å²) in [6.45, 7) is 15.1. The predicted octanol–water partition coefficient (Wildman–Crippen LogP) is 2.84. The minimum absolute atomic E-state index is 0.700. The second kappa shape index (κ2) is 10.7. The Bertz CT molecular complexity index is 313. The lowest BCUT2D eigenvalue weighted by atomic mass is 9.71. The zero-order valence-corrected chi connectivity index (χ0v) is 16.5. The van der Waals surface area contributed by atoms with Gasteiger partial charge in [0.1, 0.15) is 0 Å². The number of piperidine rings is 3. The molecule has 3 fully saturated rings. The smallest absolute Gasteiger partial charge is 0.0589 e. The van der Waals surface area contributed by atoms with Crippen molar-refractivity contribution < 1.29 is 4.74 Å². The van der Waals surface area contributed by atoms with E-state index in [2.05, 4.69) is 15.1 Å². The fourth-order valence-electron chi connectivity index (χ4n) is 4.65. The molecule has 0 aromatic rings. The summed E-state index contributed by atoms with van der Waals surface area (Å²) in [6, 6.07) is 0. The number of nitrogens with one attached hydrogen (secondary N) is 1. The molecule has 3 heterocycles. The van der Waals surface area contributed by atoms with Crippen molar-refractivity contribution in [3.05, 3.63) is 0 Å². The molecule has 3 rings (SSSR count). The van der Waals surface area contributed by atoms with E-state index in [1.807, 2.05) is 13.8 Å². The zero-order valence-electron chi connectivity index (χ0n) is 16.5. The third-order valence-corrected chi connectivity index (χ3v) is 6.42. The van der Waals surface area contributed by atoms with Crippen LogP contribution in [0.2, 0.25) is 0 Å². The Balaban J connectivity index is 0.00000100. The largest absolute Gasteiger partial charge is 0.383 e. The molecule has 0 saturated carbocycles. The Hall–Kier alpha value is -0.160. The van der Waals surface area contributed by atoms with Gasteiger partial charge in [-0.25, -0.2) is 0 Å². The van der Waals surface area contributed by atoms with E-state index in [1.165, 1.54) is 84.3 Å². The van der Waals surface area contributed by atoms with Crippen molar-refractivity contribution in [1.82, 2.24) is 15.1 Å². The van der Waals surface area contributed by atoms with E-state index >= 15 is 0 Å². The van der Waals surface area contributed by atoms with Crippen molar-refractivity contribution in [2.24, 2.45) is 11.3 Å². The molecule has 0 radical (unpaired) electrons. The quantitative estimate of drug-likeness (QED) is 0.833. The molecule has 0 atom stereocenters. The fourth-order valence-corrected chi connectivity index (χ4v) is 4.65. The van der Waals surface area contributed by atoms with E-state index in [0.717, 1.165) is 19.1 Å². The van der Waals surface area contributed by atoms with Gasteiger partial charge in [0.05, 0.1) is 6.61 Å². The van der Waals surface area contributed by atoms with Crippen molar-refractivity contribution in [3.8, 4) is 0 Å². The number of hydrogen-bond donors (Lipinski definition) is 1. The van der Waals surface area contributed by atoms with E-state index in [9.17, 15) is 0 Å². The van der Waals surface area contributed by atoms with Gasteiger partial charge in [0, 0.05) is 20.2 Å². The van der Waals surface area contributed by atoms with Gasteiger partial charge in [-0.2, -0.15) is 0 Å². The van der Waals surface area contributed by atoms with Crippen LogP contribution in [0.5, 0.6) is 0 Å². The van der Waals surface area contributed by atoms with Gasteiger partial charge >= 0.3 is 0 Å². The Labute approximate surface area is 150 Å². The molecule has 24 heavy (non-hydrogen) atoms. The lowest BCUT2D eigenvalue weighted by Crippen LogP contribution is -2.47. The summed E-state index contributed by atoms with van der Waals surface area (Å²) < 4.78 is 5.19. The summed E-state index contributed by atoms with van der Waals surface area (Å²) >= 11 is 0. The molecule has 142 valence electrons. The first-order valence-electron chi connectivity index (χ1n) is 10.4. The van der Waals surface area contributed by atoms with Gasteiger partial charge in [0.25, 0.3) is 0 Å². The first kappa shape index (κ1) is 20.2. The van der Waals surface area contributed by atoms with Crippen molar-refractivity contribution in [3.63, 3.8) is 0 Å². The molecular formula is C20H41N3O. The molecule has 3 aliphatic rings. The standard InChI is InChI=1S/C18H35N3O.C2H6/c1-22-15-14-20-10-2-17(3-11-20)16-21-12-6-18(7-13-21)4-8-19-9-5-18;1-2/h17,19H,2-16H2,1H3;1-2H3. The summed E-state index contributed by atoms with van der Waals surface area (Å²) in [6.07, 6.45) is 8.49. The molecule has 0 amide bonds. The Morgan fingerprint density at radius 1 is 0.917 bits per heavy atom. The van der Waals surface area contributed by atoms with Crippen LogP contribution in [0.3, 0.4) is 0 Å². The average molecular weight is 340 g/mol. The first-order valence-corrected chi connectivity index (χ1v) is 10.4. The maximum Gasteiger partial charge on any atom is 0.0589 e. The highest BCUT2D eigenvalue weighted by Crippen LogP contribution is 2.39. The molecule has 1 N–H and O–H groups in total. The molecule has 4 nitrogen and oxygen atoms in total. The molecule has 0 aromatic heterocycles. The average Bonchev–Trinajstić information content (AvgIpc) is 2.66. The van der Waals surface area contributed by atoms with Crippen LogP contribution in [-0.2, 0) is 4.74 Å². The molecule has 3 saturated heterocycles. The summed E-state index contributed by atoms with van der Waals surface area (Å²) in [4.78, 5) is 5.34. The van der Waals surface area contributed by atoms with E-state index in [0.29, 0.717) is 5.41 Å². The molecule has 4 heteroatoms. The third-order valence-electron chi connectivity index (χ3n) is 6.42. The molecule has 3 aliphatic heterocycles. The first-order chi connectivity index (χ1) is 11.8. The van der Waals surface area contributed by atoms with Crippen molar-refractivity contribution in [2.75, 3.05) is 66.1 Å². The zero-order chi connectivity index (χ0) is 17.3. The number of nitrogens with zero attached hydrogens (tertiary/aromatic N) is 2. The van der Waals surface area contributed by atoms with Gasteiger partial charge in [-0.3, -0.25) is 0 Å². The second-order valence-electron chi connectivity index (χ2n) is 7.83. The monoisotopic (exact) mass is 339 g/mol. The van der Waals surface area contributed by atoms with Crippen LogP contribution in [-0.4, -0.2) is 75.9 Å². The lowest BCUT2D eigenvalue weighted by Gasteiger charge is -2.45. The SMILES string of the molecule is CC.COCCN1CCC(CN2CCC3(CCNCC3)CC2)CC1. The highest BCUT2D eigenvalue weighted by atomic mass is 16.5. The highest BCUT2D eigenvalue weighted by Gasteiger charge is 2.36. The van der Waals surface area contributed by atoms with Crippen LogP contribution < -0.4 is 5.32 Å². The molecular weight excluding hydrogens is 298 g/mol. The Kier molecular flexibility index (Phi) is 9.02. The van der Waals surface area contributed by atoms with Crippen LogP contribution in [0.4, 0.5) is 0 Å². The number of likely N-dealkylation sites (tertiary alicyclic amines) is 2. The summed E-state index contributed by atoms with van der Waals surface area (Å²) in [5.74, 6) is 0.931. The van der Waals surface area contributed by atoms with Gasteiger partial charge < -0.3 is 19.9 Å². The number of hydrogen-bond acceptors (Lipinski definition) is 4. The second-order valence-corrected chi connectivity index (χ2v) is 7.83. The highest BCUT2D eigenvalue weighted by molar-refractivity contribution is 4.90. The van der Waals surface area contributed by atoms with Crippen LogP contribution in [0, 0.1) is 11.3 Å². The number of rotatable bonds is 5. The van der Waals surface area contributed by atoms with Gasteiger partial charge in [-0.15, -0.1) is 0 Å². The third kappa shape index (κ3) is 5.98. The lowest BCUT2D eigenvalue weighted by molar-refractivity contribution is 0.0531. The fraction of sp³-hybridized carbons (Fsp3) is 1.00. The van der Waals surface area contributed by atoms with E-state index < -0.39 is 0 Å². The predicted molar refractivity (Wildman–Crippen MR) is 103 cm³/mol. The minimum atomic E-state index is 0.700. The molecule has 0 unspecified atom stereocenters. The van der Waals surface area contributed by atoms with Crippen LogP contribution in [0.1, 0.15) is 52.4 Å². The topological polar surface area (TPSA) is 27.7 Å². The van der Waals surface area contributed by atoms with E-state index in [-0.39, 0.29) is 0 Å². The van der Waals surface area contributed by atoms with Gasteiger partial charge in [-0.05, 0) is 89.1 Å². The molecule has 0 aromatic carbocycles. The van der Waals surface area contributed by atoms with E-state index in [1.54, 1.807) is 7.11 Å². The van der Waals surface area contributed by atoms with Crippen molar-refractivity contribution in [2.45, 2.75) is 52.4 Å². The van der Waals surface area contributed by atoms with Gasteiger partial charge in [-0.1, -0.05) is 13.8 Å². The van der Waals surface area contributed by atoms with Gasteiger partial charge in [0.15, 0.2) is 0 Å². The van der Waals surface area contributed by atoms with Gasteiger partial charge in [0.2, 0.25) is 0 Å². The Morgan fingerprint density at radius 2 is 1.54 bits per heavy atom. The minimum Gasteiger partial charge on any atom is -0.383 e. The number of methoxy groups -OCH3 is 1. The molecule has 0 aliphatic carbocycles. The van der Waals surface area contributed by atoms with Crippen LogP contribution >= 0.6 is 0 Å². The maximum absolute atomic E-state index is 5.19. The number of ether oxygens (including phenoxy) is 1. The summed E-state index contributed by atoms with van der Waals surface area (Å²) in [5.41, 5.74) is 0.700. The van der Waals surface area contributed by atoms with Crippen LogP contribution in [0.25, 0.3) is 0 Å². The van der Waals surface area contributed by atoms with Crippen molar-refractivity contribution in [1.29, 1.82) is 0 Å². The summed E-state index contributed by atoms with van der Waals surface area (Å²) in [7, 11) is 1.80.